The van der Waals surface area contributed by atoms with Crippen LogP contribution in [0.25, 0.3) is 99.3 Å². The predicted octanol–water partition coefficient (Wildman–Crippen LogP) is 10.8. The van der Waals surface area contributed by atoms with Crippen LogP contribution in [0.3, 0.4) is 0 Å². The van der Waals surface area contributed by atoms with Crippen molar-refractivity contribution in [1.29, 1.82) is 0 Å². The third-order valence-electron chi connectivity index (χ3n) is 9.16. The molecule has 0 aliphatic heterocycles. The molecular weight excluding hydrogens is 576 g/mol. The van der Waals surface area contributed by atoms with Gasteiger partial charge in [0.2, 0.25) is 5.71 Å². The van der Waals surface area contributed by atoms with E-state index in [0.29, 0.717) is 23.2 Å². The van der Waals surface area contributed by atoms with Crippen LogP contribution in [0.4, 0.5) is 0 Å². The predicted molar refractivity (Wildman–Crippen MR) is 191 cm³/mol. The third kappa shape index (κ3) is 4.10. The van der Waals surface area contributed by atoms with Gasteiger partial charge in [-0.05, 0) is 73.4 Å². The molecule has 5 nitrogen and oxygen atoms in total. The van der Waals surface area contributed by atoms with Crippen LogP contribution in [0, 0.1) is 0 Å². The summed E-state index contributed by atoms with van der Waals surface area (Å²) in [6.07, 6.45) is 1.74. The SMILES string of the molecule is c1ccc2cc(-c3nc(-c4ccc5c(ccc6c7ccccc7ccc56)c4)nc(-c4cccc5oc6ncccc6c45)n3)ccc2c1. The number of aromatic nitrogens is 4. The topological polar surface area (TPSA) is 64.7 Å². The zero-order valence-electron chi connectivity index (χ0n) is 25.1. The van der Waals surface area contributed by atoms with E-state index in [1.165, 1.54) is 32.3 Å². The van der Waals surface area contributed by atoms with Crippen molar-refractivity contribution < 1.29 is 4.42 Å². The largest absolute Gasteiger partial charge is 0.438 e. The summed E-state index contributed by atoms with van der Waals surface area (Å²) in [7, 11) is 0. The maximum atomic E-state index is 6.12. The van der Waals surface area contributed by atoms with E-state index in [4.69, 9.17) is 19.4 Å². The highest BCUT2D eigenvalue weighted by atomic mass is 16.3. The quantitative estimate of drug-likeness (QED) is 0.189. The number of nitrogens with zero attached hydrogens (tertiary/aromatic N) is 4. The van der Waals surface area contributed by atoms with Gasteiger partial charge >= 0.3 is 0 Å². The summed E-state index contributed by atoms with van der Waals surface area (Å²) in [5, 5.41) is 11.5. The lowest BCUT2D eigenvalue weighted by Crippen LogP contribution is -2.00. The molecule has 0 saturated carbocycles. The molecule has 0 unspecified atom stereocenters. The molecule has 0 radical (unpaired) electrons. The van der Waals surface area contributed by atoms with Crippen molar-refractivity contribution in [3.63, 3.8) is 0 Å². The van der Waals surface area contributed by atoms with Crippen LogP contribution in [-0.2, 0) is 0 Å². The molecule has 0 bridgehead atoms. The average molecular weight is 601 g/mol. The molecule has 10 rings (SSSR count). The van der Waals surface area contributed by atoms with Crippen LogP contribution >= 0.6 is 0 Å². The summed E-state index contributed by atoms with van der Waals surface area (Å²) in [6.45, 7) is 0. The summed E-state index contributed by atoms with van der Waals surface area (Å²) >= 11 is 0. The van der Waals surface area contributed by atoms with Gasteiger partial charge in [0.25, 0.3) is 0 Å². The smallest absolute Gasteiger partial charge is 0.227 e. The highest BCUT2D eigenvalue weighted by Crippen LogP contribution is 2.37. The van der Waals surface area contributed by atoms with E-state index in [-0.39, 0.29) is 0 Å². The fraction of sp³-hybridized carbons (Fsp3) is 0. The zero-order chi connectivity index (χ0) is 30.9. The molecule has 0 amide bonds. The first kappa shape index (κ1) is 25.8. The van der Waals surface area contributed by atoms with Crippen molar-refractivity contribution >= 4 is 65.2 Å². The van der Waals surface area contributed by atoms with Gasteiger partial charge in [-0.1, -0.05) is 109 Å². The first-order valence-electron chi connectivity index (χ1n) is 15.6. The van der Waals surface area contributed by atoms with Gasteiger partial charge in [-0.15, -0.1) is 0 Å². The lowest BCUT2D eigenvalue weighted by molar-refractivity contribution is 0.654. The monoisotopic (exact) mass is 600 g/mol. The van der Waals surface area contributed by atoms with Crippen LogP contribution in [0.1, 0.15) is 0 Å². The minimum Gasteiger partial charge on any atom is -0.438 e. The Morgan fingerprint density at radius 3 is 1.87 bits per heavy atom. The van der Waals surface area contributed by atoms with Crippen molar-refractivity contribution in [2.24, 2.45) is 0 Å². The van der Waals surface area contributed by atoms with E-state index in [1.807, 2.05) is 30.3 Å². The molecule has 0 fully saturated rings. The fourth-order valence-corrected chi connectivity index (χ4v) is 6.90. The minimum atomic E-state index is 0.584. The summed E-state index contributed by atoms with van der Waals surface area (Å²) in [5.74, 6) is 1.81. The Hall–Kier alpha value is -6.46. The van der Waals surface area contributed by atoms with Crippen molar-refractivity contribution in [3.05, 3.63) is 146 Å². The maximum absolute atomic E-state index is 6.12. The van der Waals surface area contributed by atoms with E-state index in [9.17, 15) is 0 Å². The van der Waals surface area contributed by atoms with Crippen LogP contribution in [-0.4, -0.2) is 19.9 Å². The van der Waals surface area contributed by atoms with E-state index in [0.717, 1.165) is 43.8 Å². The van der Waals surface area contributed by atoms with Crippen molar-refractivity contribution in [2.75, 3.05) is 0 Å². The zero-order valence-corrected chi connectivity index (χ0v) is 25.1. The van der Waals surface area contributed by atoms with Gasteiger partial charge in [-0.3, -0.25) is 0 Å². The molecule has 0 saturated heterocycles. The second-order valence-electron chi connectivity index (χ2n) is 11.9. The van der Waals surface area contributed by atoms with Crippen molar-refractivity contribution in [2.45, 2.75) is 0 Å². The van der Waals surface area contributed by atoms with E-state index in [1.54, 1.807) is 6.20 Å². The van der Waals surface area contributed by atoms with E-state index in [2.05, 4.69) is 114 Å². The van der Waals surface area contributed by atoms with Crippen LogP contribution in [0.5, 0.6) is 0 Å². The molecule has 218 valence electrons. The molecule has 0 atom stereocenters. The van der Waals surface area contributed by atoms with Crippen LogP contribution in [0.2, 0.25) is 0 Å². The Morgan fingerprint density at radius 1 is 0.404 bits per heavy atom. The van der Waals surface area contributed by atoms with Gasteiger partial charge in [0.15, 0.2) is 17.5 Å². The second kappa shape index (κ2) is 10.0. The summed E-state index contributed by atoms with van der Waals surface area (Å²) < 4.78 is 6.12. The Labute approximate surface area is 268 Å². The number of furan rings is 1. The molecule has 3 aromatic heterocycles. The number of rotatable bonds is 3. The molecule has 0 aliphatic rings. The first-order valence-corrected chi connectivity index (χ1v) is 15.6. The standard InChI is InChI=1S/C42H24N4O/c1-2-9-27-23-29(15-14-25(27)7-1)39-44-40(46-41(45-39)35-11-5-13-37-38(35)36-12-6-22-43-42(36)47-37)30-18-19-32-28(24-30)17-21-33-31-10-4-3-8-26(31)16-20-34(32)33/h1-24H. The van der Waals surface area contributed by atoms with Crippen LogP contribution in [0.15, 0.2) is 150 Å². The van der Waals surface area contributed by atoms with E-state index < -0.39 is 0 Å². The lowest BCUT2D eigenvalue weighted by Gasteiger charge is -2.11. The van der Waals surface area contributed by atoms with Gasteiger partial charge in [0.05, 0.1) is 0 Å². The highest BCUT2D eigenvalue weighted by molar-refractivity contribution is 6.17. The molecule has 10 aromatic rings. The summed E-state index contributed by atoms with van der Waals surface area (Å²) in [5.41, 5.74) is 4.06. The van der Waals surface area contributed by atoms with Crippen LogP contribution < -0.4 is 0 Å². The summed E-state index contributed by atoms with van der Waals surface area (Å²) in [4.78, 5) is 19.8. The van der Waals surface area contributed by atoms with Gasteiger partial charge in [-0.2, -0.15) is 0 Å². The lowest BCUT2D eigenvalue weighted by atomic mass is 9.96. The number of fused-ring (bicyclic) bond motifs is 9. The average Bonchev–Trinajstić information content (AvgIpc) is 3.53. The molecular formula is C42H24N4O. The molecule has 5 heteroatoms. The second-order valence-corrected chi connectivity index (χ2v) is 11.9. The minimum absolute atomic E-state index is 0.584. The molecule has 47 heavy (non-hydrogen) atoms. The Kier molecular flexibility index (Phi) is 5.51. The Bertz CT molecular complexity index is 2870. The molecule has 0 spiro atoms. The normalized spacial score (nSPS) is 11.8. The van der Waals surface area contributed by atoms with Gasteiger partial charge in [0, 0.05) is 33.7 Å². The molecule has 0 N–H and O–H groups in total. The number of hydrogen-bond donors (Lipinski definition) is 0. The molecule has 7 aromatic carbocycles. The number of hydrogen-bond acceptors (Lipinski definition) is 5. The highest BCUT2D eigenvalue weighted by Gasteiger charge is 2.18. The number of pyridine rings is 1. The number of benzene rings is 7. The molecule has 3 heterocycles. The first-order chi connectivity index (χ1) is 23.3. The van der Waals surface area contributed by atoms with Gasteiger partial charge in [0.1, 0.15) is 5.58 Å². The Balaban J connectivity index is 1.21. The summed E-state index contributed by atoms with van der Waals surface area (Å²) in [6, 6.07) is 48.5. The van der Waals surface area contributed by atoms with Crippen molar-refractivity contribution in [3.8, 4) is 34.2 Å². The maximum Gasteiger partial charge on any atom is 0.227 e. The van der Waals surface area contributed by atoms with E-state index >= 15 is 0 Å². The van der Waals surface area contributed by atoms with Gasteiger partial charge < -0.3 is 4.42 Å². The van der Waals surface area contributed by atoms with Gasteiger partial charge in [-0.25, -0.2) is 19.9 Å². The van der Waals surface area contributed by atoms with Crippen molar-refractivity contribution in [1.82, 2.24) is 19.9 Å². The molecule has 0 aliphatic carbocycles. The fourth-order valence-electron chi connectivity index (χ4n) is 6.90. The Morgan fingerprint density at radius 2 is 1.02 bits per heavy atom. The third-order valence-corrected chi connectivity index (χ3v) is 9.16.